The molecule has 16 heavy (non-hydrogen) atoms. The Hall–Kier alpha value is -2.03. The first kappa shape index (κ1) is 10.5. The molecule has 0 bridgehead atoms. The first-order valence-electron chi connectivity index (χ1n) is 5.05. The number of rotatable bonds is 3. The molecular formula is C13H13NO2. The van der Waals surface area contributed by atoms with Gasteiger partial charge in [-0.15, -0.1) is 0 Å². The Morgan fingerprint density at radius 1 is 1.44 bits per heavy atom. The van der Waals surface area contributed by atoms with Crippen molar-refractivity contribution >= 4 is 16.9 Å². The van der Waals surface area contributed by atoms with Crippen LogP contribution in [0.4, 0.5) is 0 Å². The summed E-state index contributed by atoms with van der Waals surface area (Å²) in [4.78, 5) is 10.8. The van der Waals surface area contributed by atoms with E-state index in [0.29, 0.717) is 6.54 Å². The van der Waals surface area contributed by atoms with Crippen molar-refractivity contribution in [3.8, 4) is 0 Å². The standard InChI is InChI=1S/C13H13NO2/c1-9(13(15)16)8-14-10(2)7-11-5-3-4-6-12(11)14/h3-7H,1,8H2,2H3,(H,15,16). The number of carboxylic acid groups (broad SMARTS) is 1. The second-order valence-corrected chi connectivity index (χ2v) is 3.84. The van der Waals surface area contributed by atoms with E-state index >= 15 is 0 Å². The van der Waals surface area contributed by atoms with Crippen molar-refractivity contribution in [2.75, 3.05) is 0 Å². The summed E-state index contributed by atoms with van der Waals surface area (Å²) in [6.07, 6.45) is 0. The minimum Gasteiger partial charge on any atom is -0.478 e. The molecule has 1 aromatic heterocycles. The summed E-state index contributed by atoms with van der Waals surface area (Å²) < 4.78 is 1.96. The third kappa shape index (κ3) is 1.72. The number of aliphatic carboxylic acids is 1. The third-order valence-electron chi connectivity index (χ3n) is 2.67. The van der Waals surface area contributed by atoms with Crippen LogP contribution in [0.2, 0.25) is 0 Å². The Labute approximate surface area is 93.6 Å². The molecule has 2 rings (SSSR count). The van der Waals surface area contributed by atoms with E-state index in [1.807, 2.05) is 41.8 Å². The van der Waals surface area contributed by atoms with Gasteiger partial charge in [0.1, 0.15) is 0 Å². The summed E-state index contributed by atoms with van der Waals surface area (Å²) in [7, 11) is 0. The normalized spacial score (nSPS) is 10.6. The van der Waals surface area contributed by atoms with E-state index < -0.39 is 5.97 Å². The Morgan fingerprint density at radius 2 is 2.12 bits per heavy atom. The molecule has 0 radical (unpaired) electrons. The predicted octanol–water partition coefficient (Wildman–Crippen LogP) is 2.59. The van der Waals surface area contributed by atoms with Crippen LogP contribution in [0.1, 0.15) is 5.69 Å². The fourth-order valence-corrected chi connectivity index (χ4v) is 1.82. The van der Waals surface area contributed by atoms with Crippen molar-refractivity contribution in [1.29, 1.82) is 0 Å². The Balaban J connectivity index is 2.47. The van der Waals surface area contributed by atoms with Gasteiger partial charge >= 0.3 is 5.97 Å². The van der Waals surface area contributed by atoms with Gasteiger partial charge in [0.2, 0.25) is 0 Å². The molecule has 3 nitrogen and oxygen atoms in total. The maximum absolute atomic E-state index is 10.8. The van der Waals surface area contributed by atoms with E-state index in [0.717, 1.165) is 16.6 Å². The van der Waals surface area contributed by atoms with Gasteiger partial charge in [-0.2, -0.15) is 0 Å². The fourth-order valence-electron chi connectivity index (χ4n) is 1.82. The Kier molecular flexibility index (Phi) is 2.52. The summed E-state index contributed by atoms with van der Waals surface area (Å²) in [6.45, 7) is 5.85. The molecule has 0 amide bonds. The highest BCUT2D eigenvalue weighted by atomic mass is 16.4. The molecule has 2 aromatic rings. The average molecular weight is 215 g/mol. The third-order valence-corrected chi connectivity index (χ3v) is 2.67. The number of benzene rings is 1. The second-order valence-electron chi connectivity index (χ2n) is 3.84. The van der Waals surface area contributed by atoms with Crippen molar-refractivity contribution in [2.24, 2.45) is 0 Å². The molecule has 0 aliphatic rings. The Bertz CT molecular complexity index is 566. The van der Waals surface area contributed by atoms with E-state index in [9.17, 15) is 4.79 Å². The van der Waals surface area contributed by atoms with E-state index in [1.165, 1.54) is 0 Å². The molecule has 0 atom stereocenters. The quantitative estimate of drug-likeness (QED) is 0.799. The van der Waals surface area contributed by atoms with Gasteiger partial charge in [0.05, 0.1) is 6.54 Å². The average Bonchev–Trinajstić information content (AvgIpc) is 2.55. The van der Waals surface area contributed by atoms with Gasteiger partial charge in [-0.3, -0.25) is 0 Å². The molecule has 0 saturated carbocycles. The first-order chi connectivity index (χ1) is 7.59. The highest BCUT2D eigenvalue weighted by Crippen LogP contribution is 2.20. The van der Waals surface area contributed by atoms with Gasteiger partial charge < -0.3 is 9.67 Å². The largest absolute Gasteiger partial charge is 0.478 e. The zero-order chi connectivity index (χ0) is 11.7. The number of hydrogen-bond acceptors (Lipinski definition) is 1. The molecule has 0 fully saturated rings. The van der Waals surface area contributed by atoms with Gasteiger partial charge in [0.25, 0.3) is 0 Å². The molecule has 82 valence electrons. The maximum Gasteiger partial charge on any atom is 0.332 e. The van der Waals surface area contributed by atoms with Gasteiger partial charge in [-0.1, -0.05) is 24.8 Å². The molecule has 0 unspecified atom stereocenters. The highest BCUT2D eigenvalue weighted by Gasteiger charge is 2.09. The molecular weight excluding hydrogens is 202 g/mol. The summed E-state index contributed by atoms with van der Waals surface area (Å²) >= 11 is 0. The summed E-state index contributed by atoms with van der Waals surface area (Å²) in [5, 5.41) is 9.95. The smallest absolute Gasteiger partial charge is 0.332 e. The van der Waals surface area contributed by atoms with E-state index in [-0.39, 0.29) is 5.57 Å². The number of fused-ring (bicyclic) bond motifs is 1. The molecule has 1 aromatic carbocycles. The minimum atomic E-state index is -0.947. The monoisotopic (exact) mass is 215 g/mol. The van der Waals surface area contributed by atoms with Gasteiger partial charge in [0, 0.05) is 16.8 Å². The van der Waals surface area contributed by atoms with Gasteiger partial charge in [-0.05, 0) is 24.4 Å². The second kappa shape index (κ2) is 3.85. The first-order valence-corrected chi connectivity index (χ1v) is 5.05. The van der Waals surface area contributed by atoms with Crippen LogP contribution in [0.3, 0.4) is 0 Å². The van der Waals surface area contributed by atoms with Crippen LogP contribution in [0.5, 0.6) is 0 Å². The van der Waals surface area contributed by atoms with Crippen molar-refractivity contribution in [3.05, 3.63) is 48.2 Å². The van der Waals surface area contributed by atoms with Crippen LogP contribution in [0.15, 0.2) is 42.5 Å². The van der Waals surface area contributed by atoms with E-state index in [1.54, 1.807) is 0 Å². The number of hydrogen-bond donors (Lipinski definition) is 1. The minimum absolute atomic E-state index is 0.199. The fraction of sp³-hybridized carbons (Fsp3) is 0.154. The molecule has 3 heteroatoms. The molecule has 0 spiro atoms. The lowest BCUT2D eigenvalue weighted by molar-refractivity contribution is -0.132. The number of carbonyl (C=O) groups is 1. The summed E-state index contributed by atoms with van der Waals surface area (Å²) in [5.41, 5.74) is 2.29. The number of nitrogens with zero attached hydrogens (tertiary/aromatic N) is 1. The van der Waals surface area contributed by atoms with Crippen LogP contribution in [0.25, 0.3) is 10.9 Å². The van der Waals surface area contributed by atoms with E-state index in [4.69, 9.17) is 5.11 Å². The SMILES string of the molecule is C=C(Cn1c(C)cc2ccccc21)C(=O)O. The zero-order valence-electron chi connectivity index (χ0n) is 9.10. The molecule has 1 N–H and O–H groups in total. The Morgan fingerprint density at radius 3 is 2.81 bits per heavy atom. The van der Waals surface area contributed by atoms with Gasteiger partial charge in [0.15, 0.2) is 0 Å². The van der Waals surface area contributed by atoms with Gasteiger partial charge in [-0.25, -0.2) is 4.79 Å². The lowest BCUT2D eigenvalue weighted by Gasteiger charge is -2.07. The maximum atomic E-state index is 10.8. The van der Waals surface area contributed by atoms with Crippen LogP contribution >= 0.6 is 0 Å². The predicted molar refractivity (Wildman–Crippen MR) is 63.5 cm³/mol. The molecule has 0 aliphatic carbocycles. The zero-order valence-corrected chi connectivity index (χ0v) is 9.10. The number of para-hydroxylation sites is 1. The molecule has 0 saturated heterocycles. The van der Waals surface area contributed by atoms with Crippen LogP contribution in [-0.4, -0.2) is 15.6 Å². The van der Waals surface area contributed by atoms with Crippen LogP contribution in [0, 0.1) is 6.92 Å². The summed E-state index contributed by atoms with van der Waals surface area (Å²) in [5.74, 6) is -0.947. The lowest BCUT2D eigenvalue weighted by atomic mass is 10.2. The van der Waals surface area contributed by atoms with Crippen molar-refractivity contribution < 1.29 is 9.90 Å². The van der Waals surface area contributed by atoms with Crippen molar-refractivity contribution in [2.45, 2.75) is 13.5 Å². The number of carboxylic acids is 1. The van der Waals surface area contributed by atoms with E-state index in [2.05, 4.69) is 6.58 Å². The summed E-state index contributed by atoms with van der Waals surface area (Å²) in [6, 6.07) is 9.96. The van der Waals surface area contributed by atoms with Crippen LogP contribution < -0.4 is 0 Å². The lowest BCUT2D eigenvalue weighted by Crippen LogP contribution is -2.09. The van der Waals surface area contributed by atoms with Crippen LogP contribution in [-0.2, 0) is 11.3 Å². The van der Waals surface area contributed by atoms with Crippen molar-refractivity contribution in [1.82, 2.24) is 4.57 Å². The van der Waals surface area contributed by atoms with Crippen molar-refractivity contribution in [3.63, 3.8) is 0 Å². The topological polar surface area (TPSA) is 42.2 Å². The number of aryl methyl sites for hydroxylation is 1. The highest BCUT2D eigenvalue weighted by molar-refractivity contribution is 5.87. The number of aromatic nitrogens is 1. The molecule has 0 aliphatic heterocycles. The molecule has 1 heterocycles.